The molecule has 1 atom stereocenters. The van der Waals surface area contributed by atoms with Crippen molar-refractivity contribution in [1.29, 1.82) is 0 Å². The molecule has 16 heteroatoms. The number of carbonyl (C=O) groups is 3. The van der Waals surface area contributed by atoms with Crippen molar-refractivity contribution in [3.05, 3.63) is 66.5 Å². The number of benzene rings is 1. The first-order chi connectivity index (χ1) is 21.8. The largest absolute Gasteiger partial charge is 0.478 e. The Kier molecular flexibility index (Phi) is 11.2. The average Bonchev–Trinajstić information content (AvgIpc) is 3.52. The summed E-state index contributed by atoms with van der Waals surface area (Å²) in [4.78, 5) is 60.6. The fourth-order valence-corrected chi connectivity index (χ4v) is 6.52. The van der Waals surface area contributed by atoms with Gasteiger partial charge in [-0.15, -0.1) is 11.8 Å². The average molecular weight is 693 g/mol. The second-order valence-corrected chi connectivity index (χ2v) is 13.3. The number of nitrogens with zero attached hydrogens (tertiary/aromatic N) is 5. The number of amidine groups is 1. The van der Waals surface area contributed by atoms with Gasteiger partial charge in [-0.2, -0.15) is 0 Å². The summed E-state index contributed by atoms with van der Waals surface area (Å²) < 4.78 is 22.3. The van der Waals surface area contributed by atoms with Gasteiger partial charge >= 0.3 is 16.8 Å². The molecule has 3 aromatic rings. The molecule has 5 rings (SSSR count). The lowest BCUT2D eigenvalue weighted by Gasteiger charge is -2.21. The molecule has 0 saturated carbocycles. The summed E-state index contributed by atoms with van der Waals surface area (Å²) in [5.74, 6) is -2.00. The van der Waals surface area contributed by atoms with Crippen molar-refractivity contribution in [2.75, 3.05) is 12.9 Å². The van der Waals surface area contributed by atoms with Crippen LogP contribution in [0.5, 0.6) is 0 Å². The van der Waals surface area contributed by atoms with Gasteiger partial charge in [0.15, 0.2) is 5.84 Å². The molecule has 2 aliphatic rings. The van der Waals surface area contributed by atoms with Crippen LogP contribution in [-0.4, -0.2) is 61.5 Å². The number of rotatable bonds is 8. The number of halogens is 2. The summed E-state index contributed by atoms with van der Waals surface area (Å²) >= 11 is 8.17. The van der Waals surface area contributed by atoms with E-state index in [1.165, 1.54) is 13.2 Å². The number of aromatic carboxylic acids is 1. The van der Waals surface area contributed by atoms with Crippen molar-refractivity contribution in [3.63, 3.8) is 0 Å². The van der Waals surface area contributed by atoms with Crippen LogP contribution in [0, 0.1) is 11.7 Å². The number of hydrogen-bond acceptors (Lipinski definition) is 10. The number of hydrogen-bond donors (Lipinski definition) is 2. The van der Waals surface area contributed by atoms with E-state index in [1.807, 2.05) is 20.8 Å². The summed E-state index contributed by atoms with van der Waals surface area (Å²) in [5, 5.41) is 12.2. The van der Waals surface area contributed by atoms with Gasteiger partial charge in [0.1, 0.15) is 22.7 Å². The standard InChI is InChI=1S/C15H15ClFN3O3S2.C15H19N3O3/c1-23-13(21)8-24-12-7-11(10(17)6-9(12)16)18-14-19-4-2-3-5-20(19)15(22)25-14;1-5-9-6-10(13(19)20)11(16-7-9)12-17-14(21)15(4,18-12)8(2)3/h6-7H,2-5,8H2,1H3;6-8H,5H2,1-4H3,(H,19,20)(H,17,18,21). The zero-order valence-electron chi connectivity index (χ0n) is 25.9. The van der Waals surface area contributed by atoms with Crippen LogP contribution in [0.25, 0.3) is 0 Å². The summed E-state index contributed by atoms with van der Waals surface area (Å²) in [6.07, 6.45) is 4.20. The molecule has 4 heterocycles. The highest BCUT2D eigenvalue weighted by molar-refractivity contribution is 8.00. The number of aromatic nitrogens is 3. The van der Waals surface area contributed by atoms with E-state index in [4.69, 9.17) is 11.6 Å². The maximum Gasteiger partial charge on any atom is 0.338 e. The lowest BCUT2D eigenvalue weighted by Crippen LogP contribution is -2.41. The molecule has 2 aromatic heterocycles. The molecule has 1 aromatic carbocycles. The molecule has 1 unspecified atom stereocenters. The fraction of sp³-hybridized carbons (Fsp3) is 0.433. The lowest BCUT2D eigenvalue weighted by molar-refractivity contribution is -0.137. The van der Waals surface area contributed by atoms with Gasteiger partial charge in [0.25, 0.3) is 5.91 Å². The van der Waals surface area contributed by atoms with Crippen LogP contribution in [0.1, 0.15) is 62.2 Å². The van der Waals surface area contributed by atoms with E-state index < -0.39 is 23.3 Å². The van der Waals surface area contributed by atoms with E-state index in [9.17, 15) is 28.7 Å². The molecule has 0 spiro atoms. The SMILES string of the molecule is CCc1cnc(C2=NC(C)(C(C)C)C(=O)N2)c(C(=O)O)c1.COC(=O)CSc1cc(N=c2sc(=O)n3n2CCCC3)c(F)cc1Cl. The summed E-state index contributed by atoms with van der Waals surface area (Å²) in [6, 6.07) is 4.22. The highest BCUT2D eigenvalue weighted by atomic mass is 35.5. The lowest BCUT2D eigenvalue weighted by atomic mass is 9.89. The van der Waals surface area contributed by atoms with Crippen molar-refractivity contribution in [3.8, 4) is 0 Å². The van der Waals surface area contributed by atoms with E-state index >= 15 is 0 Å². The molecule has 1 amide bonds. The first-order valence-electron chi connectivity index (χ1n) is 14.5. The number of esters is 1. The number of amides is 1. The number of nitrogens with one attached hydrogen (secondary N) is 1. The van der Waals surface area contributed by atoms with E-state index in [-0.39, 0.29) is 50.3 Å². The second-order valence-electron chi connectivity index (χ2n) is 10.9. The number of pyridine rings is 1. The van der Waals surface area contributed by atoms with Gasteiger partial charge in [0.2, 0.25) is 4.80 Å². The van der Waals surface area contributed by atoms with Gasteiger partial charge < -0.3 is 15.2 Å². The van der Waals surface area contributed by atoms with Gasteiger partial charge in [0.05, 0.1) is 23.4 Å². The molecule has 12 nitrogen and oxygen atoms in total. The van der Waals surface area contributed by atoms with Crippen molar-refractivity contribution in [2.45, 2.75) is 70.5 Å². The summed E-state index contributed by atoms with van der Waals surface area (Å²) in [5.41, 5.74) is 0.280. The molecule has 0 fully saturated rings. The third-order valence-electron chi connectivity index (χ3n) is 7.65. The number of fused-ring (bicyclic) bond motifs is 1. The molecule has 0 radical (unpaired) electrons. The first kappa shape index (κ1) is 35.0. The molecule has 246 valence electrons. The summed E-state index contributed by atoms with van der Waals surface area (Å²) in [6.45, 7) is 8.79. The molecule has 2 N–H and O–H groups in total. The van der Waals surface area contributed by atoms with Crippen LogP contribution in [0.15, 0.2) is 44.1 Å². The Morgan fingerprint density at radius 3 is 2.54 bits per heavy atom. The van der Waals surface area contributed by atoms with Gasteiger partial charge in [-0.05, 0) is 67.2 Å². The third kappa shape index (κ3) is 7.58. The van der Waals surface area contributed by atoms with E-state index in [2.05, 4.69) is 25.0 Å². The monoisotopic (exact) mass is 692 g/mol. The minimum Gasteiger partial charge on any atom is -0.478 e. The van der Waals surface area contributed by atoms with E-state index in [0.29, 0.717) is 29.2 Å². The van der Waals surface area contributed by atoms with Crippen molar-refractivity contribution in [1.82, 2.24) is 19.7 Å². The molecule has 0 bridgehead atoms. The number of methoxy groups -OCH3 is 1. The third-order valence-corrected chi connectivity index (χ3v) is 9.97. The summed E-state index contributed by atoms with van der Waals surface area (Å²) in [7, 11) is 1.30. The first-order valence-corrected chi connectivity index (χ1v) is 16.6. The second kappa shape index (κ2) is 14.7. The Bertz CT molecular complexity index is 1830. The van der Waals surface area contributed by atoms with Gasteiger partial charge in [0, 0.05) is 24.2 Å². The predicted octanol–water partition coefficient (Wildman–Crippen LogP) is 4.43. The molecule has 0 saturated heterocycles. The predicted molar refractivity (Wildman–Crippen MR) is 174 cm³/mol. The van der Waals surface area contributed by atoms with Crippen LogP contribution in [0.4, 0.5) is 10.1 Å². The number of aliphatic imine (C=N–C) groups is 1. The number of carboxylic acids is 1. The molecule has 2 aliphatic heterocycles. The van der Waals surface area contributed by atoms with E-state index in [1.54, 1.807) is 28.6 Å². The van der Waals surface area contributed by atoms with Crippen LogP contribution in [-0.2, 0) is 33.8 Å². The molecular weight excluding hydrogens is 659 g/mol. The minimum absolute atomic E-state index is 0.00167. The Morgan fingerprint density at radius 1 is 1.24 bits per heavy atom. The zero-order chi connectivity index (χ0) is 33.8. The quantitative estimate of drug-likeness (QED) is 0.259. The van der Waals surface area contributed by atoms with Gasteiger partial charge in [-0.1, -0.05) is 32.4 Å². The molecule has 0 aliphatic carbocycles. The Morgan fingerprint density at radius 2 is 1.93 bits per heavy atom. The number of aryl methyl sites for hydroxylation is 1. The van der Waals surface area contributed by atoms with Crippen LogP contribution < -0.4 is 15.0 Å². The van der Waals surface area contributed by atoms with Crippen LogP contribution in [0.3, 0.4) is 0 Å². The van der Waals surface area contributed by atoms with Crippen molar-refractivity contribution < 1.29 is 28.6 Å². The number of thioether (sulfide) groups is 1. The Labute approximate surface area is 277 Å². The van der Waals surface area contributed by atoms with Gasteiger partial charge in [-0.25, -0.2) is 23.9 Å². The maximum absolute atomic E-state index is 14.3. The number of carbonyl (C=O) groups excluding carboxylic acids is 2. The smallest absolute Gasteiger partial charge is 0.338 e. The Hall–Kier alpha value is -3.82. The fourth-order valence-electron chi connectivity index (χ4n) is 4.53. The minimum atomic E-state index is -1.08. The van der Waals surface area contributed by atoms with Crippen LogP contribution >= 0.6 is 34.7 Å². The number of carboxylic acid groups (broad SMARTS) is 1. The van der Waals surface area contributed by atoms with Gasteiger partial charge in [-0.3, -0.25) is 24.0 Å². The highest BCUT2D eigenvalue weighted by Crippen LogP contribution is 2.33. The topological polar surface area (TPSA) is 157 Å². The highest BCUT2D eigenvalue weighted by Gasteiger charge is 2.43. The van der Waals surface area contributed by atoms with Crippen LogP contribution in [0.2, 0.25) is 5.02 Å². The van der Waals surface area contributed by atoms with E-state index in [0.717, 1.165) is 47.6 Å². The Balaban J connectivity index is 0.000000212. The maximum atomic E-state index is 14.3. The molecule has 46 heavy (non-hydrogen) atoms. The zero-order valence-corrected chi connectivity index (χ0v) is 28.3. The van der Waals surface area contributed by atoms with Crippen molar-refractivity contribution in [2.24, 2.45) is 15.9 Å². The van der Waals surface area contributed by atoms with Crippen molar-refractivity contribution >= 4 is 64.1 Å². The molecular formula is C30H34ClFN6O6S2. The normalized spacial score (nSPS) is 17.6. The number of ether oxygens (including phenoxy) is 1.